The molecule has 0 spiro atoms. The van der Waals surface area contributed by atoms with Crippen LogP contribution < -0.4 is 5.32 Å². The van der Waals surface area contributed by atoms with E-state index in [1.165, 1.54) is 0 Å². The van der Waals surface area contributed by atoms with E-state index < -0.39 is 0 Å². The molecule has 1 aliphatic heterocycles. The number of hydrogen-bond donors (Lipinski definition) is 1. The minimum atomic E-state index is -0.0286. The molecule has 0 radical (unpaired) electrons. The van der Waals surface area contributed by atoms with Crippen molar-refractivity contribution in [3.05, 3.63) is 22.4 Å². The first kappa shape index (κ1) is 14.4. The third kappa shape index (κ3) is 3.30. The van der Waals surface area contributed by atoms with Gasteiger partial charge in [0, 0.05) is 19.5 Å². The monoisotopic (exact) mass is 298 g/mol. The lowest BCUT2D eigenvalue weighted by Gasteiger charge is -2.23. The second kappa shape index (κ2) is 6.43. The van der Waals surface area contributed by atoms with Gasteiger partial charge in [-0.15, -0.1) is 11.8 Å². The van der Waals surface area contributed by atoms with Crippen LogP contribution in [0.4, 0.5) is 0 Å². The number of carbonyl (C=O) groups excluding carboxylic acids is 2. The van der Waals surface area contributed by atoms with Crippen LogP contribution in [-0.2, 0) is 9.59 Å². The summed E-state index contributed by atoms with van der Waals surface area (Å²) < 4.78 is 0. The van der Waals surface area contributed by atoms with Gasteiger partial charge in [0.05, 0.1) is 5.25 Å². The Labute approximate surface area is 121 Å². The highest BCUT2D eigenvalue weighted by atomic mass is 32.2. The maximum Gasteiger partial charge on any atom is 0.236 e. The lowest BCUT2D eigenvalue weighted by atomic mass is 10.2. The van der Waals surface area contributed by atoms with Gasteiger partial charge in [-0.1, -0.05) is 0 Å². The van der Waals surface area contributed by atoms with Crippen molar-refractivity contribution < 1.29 is 9.59 Å². The Morgan fingerprint density at radius 3 is 2.95 bits per heavy atom. The Morgan fingerprint density at radius 2 is 2.32 bits per heavy atom. The molecule has 6 heteroatoms. The lowest BCUT2D eigenvalue weighted by Crippen LogP contribution is -2.34. The van der Waals surface area contributed by atoms with Crippen LogP contribution >= 0.6 is 23.1 Å². The van der Waals surface area contributed by atoms with Crippen molar-refractivity contribution in [3.8, 4) is 0 Å². The number of carbonyl (C=O) groups is 2. The number of nitrogens with one attached hydrogen (secondary N) is 1. The topological polar surface area (TPSA) is 49.4 Å². The number of hydrogen-bond acceptors (Lipinski definition) is 4. The van der Waals surface area contributed by atoms with Crippen LogP contribution in [0.1, 0.15) is 31.2 Å². The summed E-state index contributed by atoms with van der Waals surface area (Å²) in [7, 11) is 0. The molecule has 4 nitrogen and oxygen atoms in total. The van der Waals surface area contributed by atoms with Crippen LogP contribution in [0.3, 0.4) is 0 Å². The molecule has 2 heterocycles. The maximum absolute atomic E-state index is 12.2. The fourth-order valence-corrected chi connectivity index (χ4v) is 4.15. The summed E-state index contributed by atoms with van der Waals surface area (Å²) in [6.07, 6.45) is 0.369. The van der Waals surface area contributed by atoms with Crippen LogP contribution in [0, 0.1) is 0 Å². The number of amides is 2. The molecule has 0 unspecified atom stereocenters. The average Bonchev–Trinajstić information content (AvgIpc) is 2.98. The smallest absolute Gasteiger partial charge is 0.236 e. The summed E-state index contributed by atoms with van der Waals surface area (Å²) in [6, 6.07) is 2.05. The molecule has 2 rings (SSSR count). The van der Waals surface area contributed by atoms with Gasteiger partial charge in [0.25, 0.3) is 0 Å². The highest BCUT2D eigenvalue weighted by Crippen LogP contribution is 2.43. The molecule has 104 valence electrons. The molecule has 1 aliphatic rings. The van der Waals surface area contributed by atoms with Gasteiger partial charge >= 0.3 is 0 Å². The molecule has 1 N–H and O–H groups in total. The fraction of sp³-hybridized carbons (Fsp3) is 0.538. The first-order valence-corrected chi connectivity index (χ1v) is 8.26. The molecule has 0 aliphatic carbocycles. The molecule has 0 saturated carbocycles. The van der Waals surface area contributed by atoms with E-state index in [2.05, 4.69) is 10.7 Å². The third-order valence-corrected chi connectivity index (χ3v) is 5.12. The Balaban J connectivity index is 2.02. The minimum absolute atomic E-state index is 0.00363. The van der Waals surface area contributed by atoms with Gasteiger partial charge in [0.15, 0.2) is 0 Å². The molecular weight excluding hydrogens is 280 g/mol. The number of thioether (sulfide) groups is 1. The fourth-order valence-electron chi connectivity index (χ4n) is 2.08. The van der Waals surface area contributed by atoms with E-state index in [4.69, 9.17) is 0 Å². The van der Waals surface area contributed by atoms with Crippen LogP contribution in [-0.4, -0.2) is 35.1 Å². The molecule has 1 saturated heterocycles. The number of nitrogens with zero attached hydrogens (tertiary/aromatic N) is 1. The van der Waals surface area contributed by atoms with Crippen molar-refractivity contribution in [1.29, 1.82) is 0 Å². The van der Waals surface area contributed by atoms with Crippen LogP contribution in [0.25, 0.3) is 0 Å². The van der Waals surface area contributed by atoms with E-state index in [-0.39, 0.29) is 22.4 Å². The largest absolute Gasteiger partial charge is 0.356 e. The van der Waals surface area contributed by atoms with Crippen molar-refractivity contribution in [2.24, 2.45) is 0 Å². The van der Waals surface area contributed by atoms with E-state index in [9.17, 15) is 9.59 Å². The van der Waals surface area contributed by atoms with Crippen molar-refractivity contribution in [3.63, 3.8) is 0 Å². The standard InChI is InChI=1S/C13H18N2O2S2/c1-3-14-11(16)4-6-15-12(17)9(2)19-13(15)10-5-7-18-8-10/h5,7-9,13H,3-4,6H2,1-2H3,(H,14,16)/t9-,13-/m1/s1. The Hall–Kier alpha value is -1.01. The summed E-state index contributed by atoms with van der Waals surface area (Å²) in [5.41, 5.74) is 1.16. The predicted octanol–water partition coefficient (Wildman–Crippen LogP) is 2.24. The molecule has 2 amide bonds. The maximum atomic E-state index is 12.2. The summed E-state index contributed by atoms with van der Waals surface area (Å²) in [5.74, 6) is 0.134. The third-order valence-electron chi connectivity index (χ3n) is 3.03. The van der Waals surface area contributed by atoms with Crippen molar-refractivity contribution >= 4 is 34.9 Å². The highest BCUT2D eigenvalue weighted by molar-refractivity contribution is 8.01. The van der Waals surface area contributed by atoms with Crippen molar-refractivity contribution in [1.82, 2.24) is 10.2 Å². The van der Waals surface area contributed by atoms with E-state index in [1.54, 1.807) is 23.1 Å². The molecule has 19 heavy (non-hydrogen) atoms. The van der Waals surface area contributed by atoms with Gasteiger partial charge in [0.2, 0.25) is 11.8 Å². The number of rotatable bonds is 5. The van der Waals surface area contributed by atoms with Crippen molar-refractivity contribution in [2.75, 3.05) is 13.1 Å². The van der Waals surface area contributed by atoms with Gasteiger partial charge < -0.3 is 10.2 Å². The van der Waals surface area contributed by atoms with Gasteiger partial charge in [-0.05, 0) is 36.2 Å². The predicted molar refractivity (Wildman–Crippen MR) is 79.1 cm³/mol. The summed E-state index contributed by atoms with van der Waals surface area (Å²) >= 11 is 3.29. The lowest BCUT2D eigenvalue weighted by molar-refractivity contribution is -0.130. The van der Waals surface area contributed by atoms with Gasteiger partial charge in [0.1, 0.15) is 5.37 Å². The Bertz CT molecular complexity index is 448. The summed E-state index contributed by atoms with van der Waals surface area (Å²) in [4.78, 5) is 25.5. The van der Waals surface area contributed by atoms with Gasteiger partial charge in [-0.25, -0.2) is 0 Å². The second-order valence-corrected chi connectivity index (χ2v) is 6.63. The molecule has 1 fully saturated rings. The van der Waals surface area contributed by atoms with Crippen molar-refractivity contribution in [2.45, 2.75) is 30.9 Å². The minimum Gasteiger partial charge on any atom is -0.356 e. The van der Waals surface area contributed by atoms with Gasteiger partial charge in [-0.2, -0.15) is 11.3 Å². The Morgan fingerprint density at radius 1 is 1.53 bits per heavy atom. The average molecular weight is 298 g/mol. The van der Waals surface area contributed by atoms with Crippen LogP contribution in [0.2, 0.25) is 0 Å². The van der Waals surface area contributed by atoms with E-state index >= 15 is 0 Å². The highest BCUT2D eigenvalue weighted by Gasteiger charge is 2.38. The molecular formula is C13H18N2O2S2. The quantitative estimate of drug-likeness (QED) is 0.907. The molecule has 1 aromatic heterocycles. The van der Waals surface area contributed by atoms with E-state index in [0.29, 0.717) is 19.5 Å². The zero-order chi connectivity index (χ0) is 13.8. The number of thiophene rings is 1. The summed E-state index contributed by atoms with van der Waals surface area (Å²) in [5, 5.41) is 6.88. The first-order valence-electron chi connectivity index (χ1n) is 6.38. The summed E-state index contributed by atoms with van der Waals surface area (Å²) in [6.45, 7) is 4.94. The van der Waals surface area contributed by atoms with Gasteiger partial charge in [-0.3, -0.25) is 9.59 Å². The van der Waals surface area contributed by atoms with E-state index in [0.717, 1.165) is 5.56 Å². The van der Waals surface area contributed by atoms with Crippen LogP contribution in [0.15, 0.2) is 16.8 Å². The Kier molecular flexibility index (Phi) is 4.87. The SMILES string of the molecule is CCNC(=O)CCN1C(=O)[C@@H](C)S[C@@H]1c1ccsc1. The zero-order valence-electron chi connectivity index (χ0n) is 11.1. The normalized spacial score (nSPS) is 22.8. The van der Waals surface area contributed by atoms with Crippen LogP contribution in [0.5, 0.6) is 0 Å². The molecule has 0 aromatic carbocycles. The molecule has 1 aromatic rings. The van der Waals surface area contributed by atoms with E-state index in [1.807, 2.05) is 30.2 Å². The first-order chi connectivity index (χ1) is 9.13. The molecule has 2 atom stereocenters. The second-order valence-electron chi connectivity index (χ2n) is 4.42. The molecule has 0 bridgehead atoms. The zero-order valence-corrected chi connectivity index (χ0v) is 12.7.